The third-order valence-electron chi connectivity index (χ3n) is 5.14. The van der Waals surface area contributed by atoms with Gasteiger partial charge in [0, 0.05) is 13.1 Å². The minimum atomic E-state index is -3.76. The molecular formula is C17H21FN4O4S. The summed E-state index contributed by atoms with van der Waals surface area (Å²) in [6, 6.07) is 3.57. The lowest BCUT2D eigenvalue weighted by Crippen LogP contribution is -2.40. The van der Waals surface area contributed by atoms with Crippen molar-refractivity contribution in [2.75, 3.05) is 26.3 Å². The Morgan fingerprint density at radius 3 is 2.59 bits per heavy atom. The summed E-state index contributed by atoms with van der Waals surface area (Å²) >= 11 is 0. The number of halogens is 1. The first-order valence-electron chi connectivity index (χ1n) is 8.91. The molecule has 2 N–H and O–H groups in total. The van der Waals surface area contributed by atoms with Crippen molar-refractivity contribution in [3.05, 3.63) is 29.8 Å². The molecule has 8 nitrogen and oxygen atoms in total. The first kappa shape index (κ1) is 18.5. The molecule has 0 amide bonds. The zero-order valence-electron chi connectivity index (χ0n) is 14.7. The summed E-state index contributed by atoms with van der Waals surface area (Å²) in [5.41, 5.74) is 5.59. The van der Waals surface area contributed by atoms with Crippen LogP contribution in [-0.2, 0) is 20.3 Å². The molecule has 1 aliphatic heterocycles. The second-order valence-electron chi connectivity index (χ2n) is 6.94. The average Bonchev–Trinajstić information content (AvgIpc) is 3.33. The van der Waals surface area contributed by atoms with Gasteiger partial charge in [0.25, 0.3) is 5.89 Å². The molecular weight excluding hydrogens is 375 g/mol. The van der Waals surface area contributed by atoms with E-state index >= 15 is 0 Å². The van der Waals surface area contributed by atoms with Crippen LogP contribution in [0.2, 0.25) is 0 Å². The number of sulfonamides is 1. The predicted molar refractivity (Wildman–Crippen MR) is 93.6 cm³/mol. The number of hydrogen-bond acceptors (Lipinski definition) is 7. The zero-order valence-corrected chi connectivity index (χ0v) is 15.5. The molecule has 1 aromatic heterocycles. The van der Waals surface area contributed by atoms with Gasteiger partial charge in [-0.15, -0.1) is 0 Å². The van der Waals surface area contributed by atoms with Crippen LogP contribution < -0.4 is 5.73 Å². The van der Waals surface area contributed by atoms with Crippen LogP contribution in [0.4, 0.5) is 4.39 Å². The van der Waals surface area contributed by atoms with Crippen LogP contribution in [0.1, 0.15) is 31.5 Å². The van der Waals surface area contributed by atoms with Gasteiger partial charge in [-0.2, -0.15) is 9.29 Å². The van der Waals surface area contributed by atoms with Crippen molar-refractivity contribution in [1.82, 2.24) is 14.4 Å². The molecule has 0 spiro atoms. The quantitative estimate of drug-likeness (QED) is 0.836. The lowest BCUT2D eigenvalue weighted by molar-refractivity contribution is 0.0730. The molecule has 2 aromatic rings. The molecule has 10 heteroatoms. The van der Waals surface area contributed by atoms with Crippen molar-refractivity contribution in [2.45, 2.75) is 36.1 Å². The third kappa shape index (κ3) is 3.38. The van der Waals surface area contributed by atoms with Crippen molar-refractivity contribution in [3.63, 3.8) is 0 Å². The van der Waals surface area contributed by atoms with E-state index in [1.165, 1.54) is 16.4 Å². The summed E-state index contributed by atoms with van der Waals surface area (Å²) in [4.78, 5) is 4.24. The molecule has 0 atom stereocenters. The standard InChI is InChI=1S/C17H21FN4O4S/c18-14-4-3-12(27(23,24)22-7-9-25-10-8-22)11-13(14)15-20-16(21-26-15)17(19)5-1-2-6-17/h3-4,11H,1-2,5-10,19H2. The van der Waals surface area contributed by atoms with Gasteiger partial charge in [-0.3, -0.25) is 0 Å². The van der Waals surface area contributed by atoms with Crippen LogP contribution >= 0.6 is 0 Å². The number of hydrogen-bond donors (Lipinski definition) is 1. The van der Waals surface area contributed by atoms with E-state index in [-0.39, 0.29) is 29.4 Å². The van der Waals surface area contributed by atoms with E-state index in [4.69, 9.17) is 15.0 Å². The highest BCUT2D eigenvalue weighted by Crippen LogP contribution is 2.36. The molecule has 2 fully saturated rings. The highest BCUT2D eigenvalue weighted by molar-refractivity contribution is 7.89. The van der Waals surface area contributed by atoms with Crippen LogP contribution in [-0.4, -0.2) is 49.2 Å². The molecule has 0 unspecified atom stereocenters. The van der Waals surface area contributed by atoms with Gasteiger partial charge in [-0.1, -0.05) is 18.0 Å². The van der Waals surface area contributed by atoms with E-state index in [0.29, 0.717) is 19.0 Å². The topological polar surface area (TPSA) is 112 Å². The predicted octanol–water partition coefficient (Wildman–Crippen LogP) is 1.62. The number of nitrogens with zero attached hydrogens (tertiary/aromatic N) is 3. The fourth-order valence-electron chi connectivity index (χ4n) is 3.53. The first-order valence-corrected chi connectivity index (χ1v) is 10.4. The van der Waals surface area contributed by atoms with Gasteiger partial charge >= 0.3 is 0 Å². The van der Waals surface area contributed by atoms with Crippen molar-refractivity contribution in [2.24, 2.45) is 5.73 Å². The number of rotatable bonds is 4. The van der Waals surface area contributed by atoms with Crippen LogP contribution in [0.5, 0.6) is 0 Å². The Labute approximate surface area is 156 Å². The van der Waals surface area contributed by atoms with Gasteiger partial charge in [-0.05, 0) is 31.0 Å². The molecule has 1 saturated carbocycles. The van der Waals surface area contributed by atoms with Crippen LogP contribution in [0, 0.1) is 5.82 Å². The maximum absolute atomic E-state index is 14.4. The Hall–Kier alpha value is -1.88. The van der Waals surface area contributed by atoms with Gasteiger partial charge in [0.05, 0.1) is 29.2 Å². The van der Waals surface area contributed by atoms with E-state index in [1.54, 1.807) is 0 Å². The number of ether oxygens (including phenoxy) is 1. The molecule has 0 bridgehead atoms. The van der Waals surface area contributed by atoms with Gasteiger partial charge in [0.15, 0.2) is 5.82 Å². The Bertz CT molecular complexity index is 934. The number of aromatic nitrogens is 2. The van der Waals surface area contributed by atoms with Crippen LogP contribution in [0.3, 0.4) is 0 Å². The van der Waals surface area contributed by atoms with Gasteiger partial charge in [0.1, 0.15) is 5.82 Å². The smallest absolute Gasteiger partial charge is 0.261 e. The highest BCUT2D eigenvalue weighted by Gasteiger charge is 2.36. The largest absolute Gasteiger partial charge is 0.379 e. The normalized spacial score (nSPS) is 20.8. The van der Waals surface area contributed by atoms with E-state index in [1.807, 2.05) is 0 Å². The lowest BCUT2D eigenvalue weighted by atomic mass is 9.99. The molecule has 2 aliphatic rings. The van der Waals surface area contributed by atoms with Crippen molar-refractivity contribution in [3.8, 4) is 11.5 Å². The number of benzene rings is 1. The molecule has 27 heavy (non-hydrogen) atoms. The highest BCUT2D eigenvalue weighted by atomic mass is 32.2. The summed E-state index contributed by atoms with van der Waals surface area (Å²) in [5.74, 6) is -0.377. The number of nitrogens with two attached hydrogens (primary N) is 1. The maximum Gasteiger partial charge on any atom is 0.261 e. The van der Waals surface area contributed by atoms with Gasteiger partial charge in [-0.25, -0.2) is 12.8 Å². The molecule has 1 saturated heterocycles. The van der Waals surface area contributed by atoms with E-state index in [9.17, 15) is 12.8 Å². The summed E-state index contributed by atoms with van der Waals surface area (Å²) in [6.45, 7) is 1.18. The number of morpholine rings is 1. The minimum absolute atomic E-state index is 0.0242. The lowest BCUT2D eigenvalue weighted by Gasteiger charge is -2.26. The molecule has 1 aromatic carbocycles. The molecule has 146 valence electrons. The van der Waals surface area contributed by atoms with E-state index < -0.39 is 21.4 Å². The SMILES string of the molecule is NC1(c2noc(-c3cc(S(=O)(=O)N4CCOCC4)ccc3F)n2)CCCC1. The zero-order chi connectivity index (χ0) is 19.1. The maximum atomic E-state index is 14.4. The first-order chi connectivity index (χ1) is 12.9. The average molecular weight is 396 g/mol. The fourth-order valence-corrected chi connectivity index (χ4v) is 4.96. The van der Waals surface area contributed by atoms with Crippen molar-refractivity contribution < 1.29 is 22.1 Å². The summed E-state index contributed by atoms with van der Waals surface area (Å²) < 4.78 is 51.7. The molecule has 1 aliphatic carbocycles. The summed E-state index contributed by atoms with van der Waals surface area (Å²) in [7, 11) is -3.76. The third-order valence-corrected chi connectivity index (χ3v) is 7.04. The fraction of sp³-hybridized carbons (Fsp3) is 0.529. The van der Waals surface area contributed by atoms with E-state index in [0.717, 1.165) is 31.7 Å². The van der Waals surface area contributed by atoms with Crippen LogP contribution in [0.15, 0.2) is 27.6 Å². The van der Waals surface area contributed by atoms with Crippen molar-refractivity contribution >= 4 is 10.0 Å². The minimum Gasteiger partial charge on any atom is -0.379 e. The summed E-state index contributed by atoms with van der Waals surface area (Å²) in [5, 5.41) is 3.91. The second-order valence-corrected chi connectivity index (χ2v) is 8.88. The van der Waals surface area contributed by atoms with Crippen LogP contribution in [0.25, 0.3) is 11.5 Å². The Balaban J connectivity index is 1.68. The second kappa shape index (κ2) is 6.93. The van der Waals surface area contributed by atoms with Crippen molar-refractivity contribution in [1.29, 1.82) is 0 Å². The van der Waals surface area contributed by atoms with E-state index in [2.05, 4.69) is 10.1 Å². The van der Waals surface area contributed by atoms with Gasteiger partial charge < -0.3 is 15.0 Å². The Morgan fingerprint density at radius 2 is 1.89 bits per heavy atom. The molecule has 4 rings (SSSR count). The Morgan fingerprint density at radius 1 is 1.19 bits per heavy atom. The van der Waals surface area contributed by atoms with Gasteiger partial charge in [0.2, 0.25) is 10.0 Å². The summed E-state index contributed by atoms with van der Waals surface area (Å²) in [6.07, 6.45) is 3.42. The Kier molecular flexibility index (Phi) is 4.75. The molecule has 0 radical (unpaired) electrons. The molecule has 2 heterocycles. The monoisotopic (exact) mass is 396 g/mol.